The van der Waals surface area contributed by atoms with Crippen LogP contribution in [0.3, 0.4) is 0 Å². The summed E-state index contributed by atoms with van der Waals surface area (Å²) in [6, 6.07) is 9.74. The normalized spacial score (nSPS) is 16.3. The van der Waals surface area contributed by atoms with Crippen molar-refractivity contribution < 1.29 is 9.53 Å². The third-order valence-corrected chi connectivity index (χ3v) is 4.15. The SMILES string of the molecule is CN(CCCOc1ccccc1)C(=O)C1(CN)CCC1. The fourth-order valence-electron chi connectivity index (χ4n) is 2.62. The number of benzene rings is 1. The first-order chi connectivity index (χ1) is 9.68. The highest BCUT2D eigenvalue weighted by Crippen LogP contribution is 2.41. The number of carbonyl (C=O) groups is 1. The Kier molecular flexibility index (Phi) is 5.01. The van der Waals surface area contributed by atoms with Gasteiger partial charge in [-0.05, 0) is 31.4 Å². The zero-order valence-electron chi connectivity index (χ0n) is 12.2. The second-order valence-electron chi connectivity index (χ2n) is 5.58. The van der Waals surface area contributed by atoms with E-state index in [-0.39, 0.29) is 11.3 Å². The number of nitrogens with zero attached hydrogens (tertiary/aromatic N) is 1. The molecule has 0 atom stereocenters. The maximum absolute atomic E-state index is 12.3. The van der Waals surface area contributed by atoms with E-state index in [0.717, 1.165) is 31.4 Å². The van der Waals surface area contributed by atoms with Gasteiger partial charge < -0.3 is 15.4 Å². The van der Waals surface area contributed by atoms with Crippen LogP contribution in [0.25, 0.3) is 0 Å². The van der Waals surface area contributed by atoms with E-state index >= 15 is 0 Å². The van der Waals surface area contributed by atoms with Crippen molar-refractivity contribution in [1.29, 1.82) is 0 Å². The van der Waals surface area contributed by atoms with Gasteiger partial charge in [-0.15, -0.1) is 0 Å². The highest BCUT2D eigenvalue weighted by Gasteiger charge is 2.44. The Balaban J connectivity index is 1.70. The van der Waals surface area contributed by atoms with E-state index in [0.29, 0.717) is 19.7 Å². The average molecular weight is 276 g/mol. The summed E-state index contributed by atoms with van der Waals surface area (Å²) in [5, 5.41) is 0. The van der Waals surface area contributed by atoms with Crippen molar-refractivity contribution in [3.05, 3.63) is 30.3 Å². The summed E-state index contributed by atoms with van der Waals surface area (Å²) < 4.78 is 5.63. The fraction of sp³-hybridized carbons (Fsp3) is 0.562. The first-order valence-electron chi connectivity index (χ1n) is 7.31. The number of ether oxygens (including phenoxy) is 1. The highest BCUT2D eigenvalue weighted by molar-refractivity contribution is 5.83. The Bertz CT molecular complexity index is 424. The summed E-state index contributed by atoms with van der Waals surface area (Å²) in [4.78, 5) is 14.2. The molecule has 4 nitrogen and oxygen atoms in total. The van der Waals surface area contributed by atoms with Crippen molar-refractivity contribution >= 4 is 5.91 Å². The van der Waals surface area contributed by atoms with E-state index in [1.807, 2.05) is 37.4 Å². The van der Waals surface area contributed by atoms with Crippen LogP contribution in [-0.4, -0.2) is 37.6 Å². The second-order valence-corrected chi connectivity index (χ2v) is 5.58. The quantitative estimate of drug-likeness (QED) is 0.775. The highest BCUT2D eigenvalue weighted by atomic mass is 16.5. The van der Waals surface area contributed by atoms with E-state index in [9.17, 15) is 4.79 Å². The third kappa shape index (κ3) is 3.31. The van der Waals surface area contributed by atoms with Gasteiger partial charge >= 0.3 is 0 Å². The molecule has 0 saturated heterocycles. The Labute approximate surface area is 120 Å². The van der Waals surface area contributed by atoms with Gasteiger partial charge in [-0.25, -0.2) is 0 Å². The molecule has 0 spiro atoms. The van der Waals surface area contributed by atoms with Crippen LogP contribution in [0, 0.1) is 5.41 Å². The molecule has 0 unspecified atom stereocenters. The minimum Gasteiger partial charge on any atom is -0.494 e. The molecule has 20 heavy (non-hydrogen) atoms. The molecule has 1 aliphatic rings. The van der Waals surface area contributed by atoms with Gasteiger partial charge in [0.1, 0.15) is 5.75 Å². The zero-order valence-corrected chi connectivity index (χ0v) is 12.2. The number of hydrogen-bond donors (Lipinski definition) is 1. The van der Waals surface area contributed by atoms with Gasteiger partial charge in [0.15, 0.2) is 0 Å². The van der Waals surface area contributed by atoms with Crippen molar-refractivity contribution in [3.8, 4) is 5.75 Å². The predicted octanol–water partition coefficient (Wildman–Crippen LogP) is 2.04. The first-order valence-corrected chi connectivity index (χ1v) is 7.31. The monoisotopic (exact) mass is 276 g/mol. The molecule has 1 aliphatic carbocycles. The lowest BCUT2D eigenvalue weighted by atomic mass is 9.68. The lowest BCUT2D eigenvalue weighted by Crippen LogP contribution is -2.51. The van der Waals surface area contributed by atoms with Crippen molar-refractivity contribution in [3.63, 3.8) is 0 Å². The number of amides is 1. The Morgan fingerprint density at radius 3 is 2.60 bits per heavy atom. The molecule has 4 heteroatoms. The number of para-hydroxylation sites is 1. The number of hydrogen-bond acceptors (Lipinski definition) is 3. The van der Waals surface area contributed by atoms with Crippen molar-refractivity contribution in [2.45, 2.75) is 25.7 Å². The fourth-order valence-corrected chi connectivity index (χ4v) is 2.62. The van der Waals surface area contributed by atoms with E-state index in [1.165, 1.54) is 0 Å². The molecule has 0 heterocycles. The molecule has 1 amide bonds. The molecule has 1 aromatic carbocycles. The Hall–Kier alpha value is -1.55. The van der Waals surface area contributed by atoms with Crippen LogP contribution in [0.15, 0.2) is 30.3 Å². The van der Waals surface area contributed by atoms with Gasteiger partial charge in [-0.3, -0.25) is 4.79 Å². The lowest BCUT2D eigenvalue weighted by molar-refractivity contribution is -0.145. The molecule has 2 N–H and O–H groups in total. The maximum atomic E-state index is 12.3. The van der Waals surface area contributed by atoms with E-state index in [2.05, 4.69) is 0 Å². The smallest absolute Gasteiger partial charge is 0.229 e. The molecular formula is C16H24N2O2. The molecule has 0 aromatic heterocycles. The topological polar surface area (TPSA) is 55.6 Å². The van der Waals surface area contributed by atoms with Crippen LogP contribution in [-0.2, 0) is 4.79 Å². The van der Waals surface area contributed by atoms with E-state index in [4.69, 9.17) is 10.5 Å². The summed E-state index contributed by atoms with van der Waals surface area (Å²) in [5.74, 6) is 1.07. The molecule has 1 aromatic rings. The third-order valence-electron chi connectivity index (χ3n) is 4.15. The molecule has 1 fully saturated rings. The minimum absolute atomic E-state index is 0.200. The van der Waals surface area contributed by atoms with E-state index in [1.54, 1.807) is 4.90 Å². The molecule has 2 rings (SSSR count). The standard InChI is InChI=1S/C16H24N2O2/c1-18(15(19)16(13-17)9-5-10-16)11-6-12-20-14-7-3-2-4-8-14/h2-4,7-8H,5-6,9-13,17H2,1H3. The summed E-state index contributed by atoms with van der Waals surface area (Å²) in [6.45, 7) is 1.81. The number of nitrogens with two attached hydrogens (primary N) is 1. The second kappa shape index (κ2) is 6.75. The van der Waals surface area contributed by atoms with Gasteiger partial charge in [0, 0.05) is 20.1 Å². The molecule has 110 valence electrons. The van der Waals surface area contributed by atoms with Gasteiger partial charge in [-0.2, -0.15) is 0 Å². The molecule has 0 aliphatic heterocycles. The molecular weight excluding hydrogens is 252 g/mol. The first kappa shape index (κ1) is 14.9. The molecule has 1 saturated carbocycles. The zero-order chi connectivity index (χ0) is 14.4. The summed E-state index contributed by atoms with van der Waals surface area (Å²) in [7, 11) is 1.86. The van der Waals surface area contributed by atoms with Crippen molar-refractivity contribution in [2.24, 2.45) is 11.1 Å². The largest absolute Gasteiger partial charge is 0.494 e. The number of carbonyl (C=O) groups excluding carboxylic acids is 1. The van der Waals surface area contributed by atoms with E-state index < -0.39 is 0 Å². The Morgan fingerprint density at radius 1 is 1.35 bits per heavy atom. The van der Waals surface area contributed by atoms with Crippen LogP contribution < -0.4 is 10.5 Å². The summed E-state index contributed by atoms with van der Waals surface area (Å²) in [6.07, 6.45) is 3.83. The maximum Gasteiger partial charge on any atom is 0.229 e. The average Bonchev–Trinajstić information content (AvgIpc) is 2.44. The van der Waals surface area contributed by atoms with Crippen LogP contribution in [0.5, 0.6) is 5.75 Å². The molecule has 0 radical (unpaired) electrons. The van der Waals surface area contributed by atoms with Gasteiger partial charge in [0.05, 0.1) is 12.0 Å². The van der Waals surface area contributed by atoms with Crippen molar-refractivity contribution in [1.82, 2.24) is 4.90 Å². The lowest BCUT2D eigenvalue weighted by Gasteiger charge is -2.41. The predicted molar refractivity (Wildman–Crippen MR) is 79.5 cm³/mol. The number of rotatable bonds is 7. The molecule has 0 bridgehead atoms. The summed E-state index contributed by atoms with van der Waals surface area (Å²) >= 11 is 0. The summed E-state index contributed by atoms with van der Waals surface area (Å²) in [5.41, 5.74) is 5.50. The van der Waals surface area contributed by atoms with Gasteiger partial charge in [0.2, 0.25) is 5.91 Å². The van der Waals surface area contributed by atoms with Crippen LogP contribution in [0.4, 0.5) is 0 Å². The van der Waals surface area contributed by atoms with Gasteiger partial charge in [0.25, 0.3) is 0 Å². The van der Waals surface area contributed by atoms with Crippen molar-refractivity contribution in [2.75, 3.05) is 26.7 Å². The minimum atomic E-state index is -0.269. The van der Waals surface area contributed by atoms with Gasteiger partial charge in [-0.1, -0.05) is 24.6 Å². The van der Waals surface area contributed by atoms with Crippen LogP contribution in [0.2, 0.25) is 0 Å². The Morgan fingerprint density at radius 2 is 2.05 bits per heavy atom. The van der Waals surface area contributed by atoms with Crippen LogP contribution >= 0.6 is 0 Å². The van der Waals surface area contributed by atoms with Crippen LogP contribution in [0.1, 0.15) is 25.7 Å².